The van der Waals surface area contributed by atoms with Gasteiger partial charge >= 0.3 is 0 Å². The summed E-state index contributed by atoms with van der Waals surface area (Å²) in [5.41, 5.74) is 1.96. The molecule has 8 nitrogen and oxygen atoms in total. The van der Waals surface area contributed by atoms with E-state index in [4.69, 9.17) is 4.74 Å². The maximum absolute atomic E-state index is 14.9. The molecule has 1 saturated heterocycles. The van der Waals surface area contributed by atoms with Crippen LogP contribution in [0.2, 0.25) is 0 Å². The lowest BCUT2D eigenvalue weighted by atomic mass is 9.90. The van der Waals surface area contributed by atoms with Crippen molar-refractivity contribution in [3.8, 4) is 17.0 Å². The zero-order valence-corrected chi connectivity index (χ0v) is 22.8. The lowest BCUT2D eigenvalue weighted by Gasteiger charge is -2.34. The first-order valence-electron chi connectivity index (χ1n) is 12.7. The molecule has 4 heterocycles. The minimum atomic E-state index is -0.657. The van der Waals surface area contributed by atoms with Gasteiger partial charge in [-0.15, -0.1) is 0 Å². The number of anilines is 3. The van der Waals surface area contributed by atoms with E-state index in [-0.39, 0.29) is 29.3 Å². The highest BCUT2D eigenvalue weighted by atomic mass is 79.9. The van der Waals surface area contributed by atoms with Gasteiger partial charge in [-0.05, 0) is 56.4 Å². The van der Waals surface area contributed by atoms with Gasteiger partial charge in [0.05, 0.1) is 23.8 Å². The highest BCUT2D eigenvalue weighted by Gasteiger charge is 2.26. The van der Waals surface area contributed by atoms with E-state index in [0.29, 0.717) is 41.5 Å². The van der Waals surface area contributed by atoms with Crippen LogP contribution < -0.4 is 15.0 Å². The number of hydrogen-bond acceptors (Lipinski definition) is 7. The Hall–Kier alpha value is -3.34. The number of likely N-dealkylation sites (tertiary alicyclic amines) is 1. The molecular weight excluding hydrogens is 558 g/mol. The summed E-state index contributed by atoms with van der Waals surface area (Å²) >= 11 is 3.23. The quantitative estimate of drug-likeness (QED) is 0.394. The first-order chi connectivity index (χ1) is 18.3. The molecule has 38 heavy (non-hydrogen) atoms. The molecular formula is C27H29BrF2N6O2. The van der Waals surface area contributed by atoms with Crippen LogP contribution in [0.5, 0.6) is 5.75 Å². The van der Waals surface area contributed by atoms with Crippen LogP contribution in [-0.4, -0.2) is 63.4 Å². The number of carbonyl (C=O) groups is 1. The number of amides is 1. The molecule has 0 atom stereocenters. The summed E-state index contributed by atoms with van der Waals surface area (Å²) in [6.45, 7) is 6.48. The van der Waals surface area contributed by atoms with Crippen molar-refractivity contribution in [2.24, 2.45) is 0 Å². The average molecular weight is 587 g/mol. The molecule has 3 aromatic rings. The van der Waals surface area contributed by atoms with Gasteiger partial charge in [0.1, 0.15) is 18.1 Å². The molecule has 11 heteroatoms. The van der Waals surface area contributed by atoms with Gasteiger partial charge in [-0.3, -0.25) is 4.79 Å². The number of carbonyl (C=O) groups excluding carboxylic acids is 1. The fourth-order valence-electron chi connectivity index (χ4n) is 4.99. The van der Waals surface area contributed by atoms with Crippen molar-refractivity contribution in [1.82, 2.24) is 19.9 Å². The summed E-state index contributed by atoms with van der Waals surface area (Å²) in [4.78, 5) is 28.7. The predicted molar refractivity (Wildman–Crippen MR) is 145 cm³/mol. The van der Waals surface area contributed by atoms with Crippen molar-refractivity contribution >= 4 is 39.3 Å². The third kappa shape index (κ3) is 5.43. The Morgan fingerprint density at radius 2 is 1.92 bits per heavy atom. The smallest absolute Gasteiger partial charge is 0.233 e. The number of halogens is 3. The zero-order chi connectivity index (χ0) is 26.8. The standard InChI is InChI=1S/C27H29BrF2N6O2/c1-16(2)36-9-10-38-26-20(29)11-19(12-22(26)36)25-21(30)15-32-27(34-25)33-23-4-3-18(14-31-23)17-5-7-35(8-6-17)24(37)13-28/h3-4,11-12,14-17H,5-10,13H2,1-2H3,(H,31,32,33,34). The number of aromatic nitrogens is 3. The third-order valence-corrected chi connectivity index (χ3v) is 7.49. The van der Waals surface area contributed by atoms with Gasteiger partial charge < -0.3 is 19.9 Å². The number of benzene rings is 1. The van der Waals surface area contributed by atoms with Crippen molar-refractivity contribution < 1.29 is 18.3 Å². The summed E-state index contributed by atoms with van der Waals surface area (Å²) in [5, 5.41) is 3.36. The number of nitrogens with one attached hydrogen (secondary N) is 1. The molecule has 1 amide bonds. The summed E-state index contributed by atoms with van der Waals surface area (Å²) in [7, 11) is 0. The van der Waals surface area contributed by atoms with Crippen LogP contribution in [0.3, 0.4) is 0 Å². The van der Waals surface area contributed by atoms with Crippen molar-refractivity contribution in [3.05, 3.63) is 53.9 Å². The van der Waals surface area contributed by atoms with Crippen molar-refractivity contribution in [1.29, 1.82) is 0 Å². The number of fused-ring (bicyclic) bond motifs is 1. The van der Waals surface area contributed by atoms with E-state index in [1.165, 1.54) is 6.07 Å². The molecule has 0 unspecified atom stereocenters. The van der Waals surface area contributed by atoms with Gasteiger partial charge in [-0.1, -0.05) is 22.0 Å². The number of pyridine rings is 1. The number of nitrogens with zero attached hydrogens (tertiary/aromatic N) is 5. The van der Waals surface area contributed by atoms with Crippen LogP contribution in [0.25, 0.3) is 11.3 Å². The Balaban J connectivity index is 1.33. The molecule has 0 spiro atoms. The van der Waals surface area contributed by atoms with Crippen LogP contribution in [0.4, 0.5) is 26.2 Å². The van der Waals surface area contributed by atoms with Gasteiger partial charge in [0.2, 0.25) is 11.9 Å². The summed E-state index contributed by atoms with van der Waals surface area (Å²) < 4.78 is 35.3. The van der Waals surface area contributed by atoms with Crippen LogP contribution >= 0.6 is 15.9 Å². The molecule has 2 aliphatic heterocycles. The zero-order valence-electron chi connectivity index (χ0n) is 21.3. The highest BCUT2D eigenvalue weighted by Crippen LogP contribution is 2.39. The molecule has 0 aliphatic carbocycles. The van der Waals surface area contributed by atoms with Gasteiger partial charge in [0.25, 0.3) is 0 Å². The van der Waals surface area contributed by atoms with Gasteiger partial charge in [0, 0.05) is 30.9 Å². The first-order valence-corrected chi connectivity index (χ1v) is 13.8. The molecule has 5 rings (SSSR count). The third-order valence-electron chi connectivity index (χ3n) is 7.01. The Bertz CT molecular complexity index is 1320. The monoisotopic (exact) mass is 586 g/mol. The van der Waals surface area contributed by atoms with Crippen LogP contribution in [0, 0.1) is 11.6 Å². The average Bonchev–Trinajstić information content (AvgIpc) is 2.93. The van der Waals surface area contributed by atoms with Crippen molar-refractivity contribution in [2.75, 3.05) is 41.8 Å². The second-order valence-corrected chi connectivity index (χ2v) is 10.3. The molecule has 1 aromatic carbocycles. The lowest BCUT2D eigenvalue weighted by Crippen LogP contribution is -2.38. The van der Waals surface area contributed by atoms with Gasteiger partial charge in [-0.25, -0.2) is 23.7 Å². The number of piperidine rings is 1. The number of ether oxygens (including phenoxy) is 1. The molecule has 0 radical (unpaired) electrons. The van der Waals surface area contributed by atoms with Crippen molar-refractivity contribution in [3.63, 3.8) is 0 Å². The Morgan fingerprint density at radius 3 is 2.61 bits per heavy atom. The SMILES string of the molecule is CC(C)N1CCOc2c(F)cc(-c3nc(Nc4ccc(C5CCN(C(=O)CBr)CC5)cn4)ncc3F)cc21. The fourth-order valence-corrected chi connectivity index (χ4v) is 5.34. The van der Waals surface area contributed by atoms with E-state index in [9.17, 15) is 13.6 Å². The second kappa shape index (κ2) is 11.2. The fraction of sp³-hybridized carbons (Fsp3) is 0.407. The normalized spacial score (nSPS) is 15.8. The number of rotatable bonds is 6. The second-order valence-electron chi connectivity index (χ2n) is 9.72. The van der Waals surface area contributed by atoms with E-state index in [2.05, 4.69) is 36.2 Å². The van der Waals surface area contributed by atoms with E-state index in [1.54, 1.807) is 12.3 Å². The Labute approximate surface area is 228 Å². The first kappa shape index (κ1) is 26.3. The minimum Gasteiger partial charge on any atom is -0.486 e. The largest absolute Gasteiger partial charge is 0.486 e. The summed E-state index contributed by atoms with van der Waals surface area (Å²) in [6, 6.07) is 6.89. The molecule has 1 N–H and O–H groups in total. The predicted octanol–water partition coefficient (Wildman–Crippen LogP) is 5.27. The number of alkyl halides is 1. The molecule has 0 bridgehead atoms. The van der Waals surface area contributed by atoms with Crippen LogP contribution in [0.15, 0.2) is 36.7 Å². The molecule has 1 fully saturated rings. The Morgan fingerprint density at radius 1 is 1.13 bits per heavy atom. The Kier molecular flexibility index (Phi) is 7.73. The van der Waals surface area contributed by atoms with Crippen molar-refractivity contribution in [2.45, 2.75) is 38.6 Å². The topological polar surface area (TPSA) is 83.5 Å². The maximum Gasteiger partial charge on any atom is 0.233 e. The van der Waals surface area contributed by atoms with E-state index >= 15 is 0 Å². The molecule has 2 aliphatic rings. The van der Waals surface area contributed by atoms with E-state index < -0.39 is 11.6 Å². The minimum absolute atomic E-state index is 0.0140. The molecule has 0 saturated carbocycles. The molecule has 200 valence electrons. The van der Waals surface area contributed by atoms with E-state index in [1.807, 2.05) is 35.8 Å². The number of hydrogen-bond donors (Lipinski definition) is 1. The summed E-state index contributed by atoms with van der Waals surface area (Å²) in [6.07, 6.45) is 4.64. The molecule has 2 aromatic heterocycles. The van der Waals surface area contributed by atoms with E-state index in [0.717, 1.165) is 37.7 Å². The van der Waals surface area contributed by atoms with Gasteiger partial charge in [0.15, 0.2) is 17.4 Å². The van der Waals surface area contributed by atoms with Gasteiger partial charge in [-0.2, -0.15) is 0 Å². The maximum atomic E-state index is 14.9. The highest BCUT2D eigenvalue weighted by molar-refractivity contribution is 9.09. The van der Waals surface area contributed by atoms with Crippen LogP contribution in [0.1, 0.15) is 38.2 Å². The lowest BCUT2D eigenvalue weighted by molar-refractivity contribution is -0.129. The summed E-state index contributed by atoms with van der Waals surface area (Å²) in [5.74, 6) is 0.0610. The van der Waals surface area contributed by atoms with Crippen LogP contribution in [-0.2, 0) is 4.79 Å².